The van der Waals surface area contributed by atoms with Gasteiger partial charge in [0.1, 0.15) is 0 Å². The van der Waals surface area contributed by atoms with Gasteiger partial charge in [0, 0.05) is 17.6 Å². The van der Waals surface area contributed by atoms with E-state index in [9.17, 15) is 4.79 Å². The first kappa shape index (κ1) is 14.5. The van der Waals surface area contributed by atoms with Gasteiger partial charge in [-0.05, 0) is 47.5 Å². The number of carbonyl (C=O) groups excluding carboxylic acids is 1. The molecule has 17 heavy (non-hydrogen) atoms. The first-order valence-electron chi connectivity index (χ1n) is 6.69. The highest BCUT2D eigenvalue weighted by atomic mass is 16.2. The summed E-state index contributed by atoms with van der Waals surface area (Å²) in [7, 11) is 0. The summed E-state index contributed by atoms with van der Waals surface area (Å²) in [5.41, 5.74) is -0.506. The maximum atomic E-state index is 12.7. The van der Waals surface area contributed by atoms with Crippen LogP contribution in [0.2, 0.25) is 0 Å². The molecule has 1 amide bonds. The van der Waals surface area contributed by atoms with Crippen LogP contribution in [0.4, 0.5) is 0 Å². The lowest BCUT2D eigenvalue weighted by Gasteiger charge is -2.53. The lowest BCUT2D eigenvalue weighted by Crippen LogP contribution is -2.74. The molecule has 1 heterocycles. The van der Waals surface area contributed by atoms with E-state index in [0.717, 1.165) is 19.4 Å². The molecule has 1 saturated heterocycles. The van der Waals surface area contributed by atoms with Crippen LogP contribution in [0.25, 0.3) is 0 Å². The van der Waals surface area contributed by atoms with Crippen molar-refractivity contribution in [3.63, 3.8) is 0 Å². The quantitative estimate of drug-likeness (QED) is 0.804. The molecule has 0 saturated carbocycles. The van der Waals surface area contributed by atoms with Crippen molar-refractivity contribution in [1.29, 1.82) is 0 Å². The number of carbonyl (C=O) groups is 1. The molecule has 1 aliphatic rings. The smallest absolute Gasteiger partial charge is 0.243 e. The van der Waals surface area contributed by atoms with Gasteiger partial charge in [0.2, 0.25) is 5.91 Å². The number of nitrogens with zero attached hydrogens (tertiary/aromatic N) is 1. The molecule has 3 heteroatoms. The van der Waals surface area contributed by atoms with E-state index in [2.05, 4.69) is 53.8 Å². The molecule has 0 radical (unpaired) electrons. The Morgan fingerprint density at radius 3 is 2.06 bits per heavy atom. The van der Waals surface area contributed by atoms with Crippen LogP contribution in [0.1, 0.15) is 61.3 Å². The molecule has 0 aromatic heterocycles. The van der Waals surface area contributed by atoms with Crippen LogP contribution in [0.5, 0.6) is 0 Å². The van der Waals surface area contributed by atoms with E-state index < -0.39 is 0 Å². The summed E-state index contributed by atoms with van der Waals surface area (Å²) in [6.07, 6.45) is 1.69. The summed E-state index contributed by atoms with van der Waals surface area (Å²) in [4.78, 5) is 14.7. The zero-order chi connectivity index (χ0) is 13.5. The zero-order valence-corrected chi connectivity index (χ0v) is 12.5. The van der Waals surface area contributed by atoms with Gasteiger partial charge < -0.3 is 4.90 Å². The summed E-state index contributed by atoms with van der Waals surface area (Å²) in [5, 5.41) is 3.57. The third kappa shape index (κ3) is 2.65. The highest BCUT2D eigenvalue weighted by molar-refractivity contribution is 5.88. The number of hydrogen-bond acceptors (Lipinski definition) is 2. The second kappa shape index (κ2) is 4.27. The van der Waals surface area contributed by atoms with Gasteiger partial charge in [0.05, 0.1) is 5.54 Å². The predicted octanol–water partition coefficient (Wildman–Crippen LogP) is 2.55. The van der Waals surface area contributed by atoms with E-state index in [4.69, 9.17) is 0 Å². The highest BCUT2D eigenvalue weighted by Gasteiger charge is 2.49. The minimum atomic E-state index is -0.380. The highest BCUT2D eigenvalue weighted by Crippen LogP contribution is 2.32. The Morgan fingerprint density at radius 2 is 1.71 bits per heavy atom. The van der Waals surface area contributed by atoms with Crippen LogP contribution >= 0.6 is 0 Å². The zero-order valence-electron chi connectivity index (χ0n) is 12.5. The molecule has 1 fully saturated rings. The fraction of sp³-hybridized carbons (Fsp3) is 0.929. The van der Waals surface area contributed by atoms with Crippen molar-refractivity contribution in [3.8, 4) is 0 Å². The SMILES string of the molecule is CCC1(CC)NC(C)(C)CN(C(C)(C)C)C1=O. The summed E-state index contributed by atoms with van der Waals surface area (Å²) < 4.78 is 0. The molecule has 0 atom stereocenters. The van der Waals surface area contributed by atoms with Crippen molar-refractivity contribution < 1.29 is 4.79 Å². The maximum Gasteiger partial charge on any atom is 0.243 e. The second-order valence-electron chi connectivity index (χ2n) is 6.86. The summed E-state index contributed by atoms with van der Waals surface area (Å²) in [5.74, 6) is 0.259. The maximum absolute atomic E-state index is 12.7. The Morgan fingerprint density at radius 1 is 1.24 bits per heavy atom. The molecule has 0 aromatic rings. The van der Waals surface area contributed by atoms with Gasteiger partial charge in [-0.25, -0.2) is 0 Å². The average Bonchev–Trinajstić information content (AvgIpc) is 2.19. The Hall–Kier alpha value is -0.570. The molecule has 1 rings (SSSR count). The molecule has 1 aliphatic heterocycles. The lowest BCUT2D eigenvalue weighted by atomic mass is 9.81. The molecule has 3 nitrogen and oxygen atoms in total. The summed E-state index contributed by atoms with van der Waals surface area (Å²) in [6.45, 7) is 15.7. The van der Waals surface area contributed by atoms with Gasteiger partial charge in [0.15, 0.2) is 0 Å². The van der Waals surface area contributed by atoms with Gasteiger partial charge in [-0.2, -0.15) is 0 Å². The van der Waals surface area contributed by atoms with Gasteiger partial charge in [-0.3, -0.25) is 10.1 Å². The molecule has 0 spiro atoms. The van der Waals surface area contributed by atoms with Gasteiger partial charge in [-0.1, -0.05) is 13.8 Å². The lowest BCUT2D eigenvalue weighted by molar-refractivity contribution is -0.152. The van der Waals surface area contributed by atoms with E-state index in [1.165, 1.54) is 0 Å². The topological polar surface area (TPSA) is 32.3 Å². The summed E-state index contributed by atoms with van der Waals surface area (Å²) in [6, 6.07) is 0. The van der Waals surface area contributed by atoms with Gasteiger partial charge in [-0.15, -0.1) is 0 Å². The Balaban J connectivity index is 3.16. The predicted molar refractivity (Wildman–Crippen MR) is 72.0 cm³/mol. The molecule has 0 bridgehead atoms. The Labute approximate surface area is 106 Å². The van der Waals surface area contributed by atoms with E-state index >= 15 is 0 Å². The van der Waals surface area contributed by atoms with Gasteiger partial charge in [0.25, 0.3) is 0 Å². The minimum Gasteiger partial charge on any atom is -0.334 e. The van der Waals surface area contributed by atoms with Gasteiger partial charge >= 0.3 is 0 Å². The van der Waals surface area contributed by atoms with Crippen molar-refractivity contribution in [2.24, 2.45) is 0 Å². The largest absolute Gasteiger partial charge is 0.334 e. The second-order valence-corrected chi connectivity index (χ2v) is 6.86. The normalized spacial score (nSPS) is 23.9. The molecular formula is C14H28N2O. The third-order valence-electron chi connectivity index (χ3n) is 3.80. The number of rotatable bonds is 2. The fourth-order valence-corrected chi connectivity index (χ4v) is 2.74. The van der Waals surface area contributed by atoms with Crippen LogP contribution in [-0.2, 0) is 4.79 Å². The standard InChI is InChI=1S/C14H28N2O/c1-8-14(9-2)11(17)16(12(3,4)5)10-13(6,7)15-14/h15H,8-10H2,1-7H3. The number of amides is 1. The van der Waals surface area contributed by atoms with Crippen LogP contribution < -0.4 is 5.32 Å². The number of hydrogen-bond donors (Lipinski definition) is 1. The van der Waals surface area contributed by atoms with Crippen LogP contribution in [0.3, 0.4) is 0 Å². The molecular weight excluding hydrogens is 212 g/mol. The molecule has 100 valence electrons. The van der Waals surface area contributed by atoms with E-state index in [-0.39, 0.29) is 22.5 Å². The Kier molecular flexibility index (Phi) is 3.64. The average molecular weight is 240 g/mol. The van der Waals surface area contributed by atoms with E-state index in [1.54, 1.807) is 0 Å². The molecule has 0 aliphatic carbocycles. The molecule has 1 N–H and O–H groups in total. The molecule has 0 unspecified atom stereocenters. The number of piperazine rings is 1. The fourth-order valence-electron chi connectivity index (χ4n) is 2.74. The van der Waals surface area contributed by atoms with E-state index in [1.807, 2.05) is 4.90 Å². The van der Waals surface area contributed by atoms with Crippen molar-refractivity contribution in [3.05, 3.63) is 0 Å². The van der Waals surface area contributed by atoms with Crippen LogP contribution in [0.15, 0.2) is 0 Å². The first-order chi connectivity index (χ1) is 7.58. The van der Waals surface area contributed by atoms with Crippen LogP contribution in [-0.4, -0.2) is 34.0 Å². The van der Waals surface area contributed by atoms with Crippen molar-refractivity contribution in [2.45, 2.75) is 77.9 Å². The summed E-state index contributed by atoms with van der Waals surface area (Å²) >= 11 is 0. The number of nitrogens with one attached hydrogen (secondary N) is 1. The van der Waals surface area contributed by atoms with E-state index in [0.29, 0.717) is 0 Å². The Bertz CT molecular complexity index is 298. The third-order valence-corrected chi connectivity index (χ3v) is 3.80. The van der Waals surface area contributed by atoms with Crippen LogP contribution in [0, 0.1) is 0 Å². The molecule has 0 aromatic carbocycles. The monoisotopic (exact) mass is 240 g/mol. The first-order valence-corrected chi connectivity index (χ1v) is 6.69. The van der Waals surface area contributed by atoms with Crippen molar-refractivity contribution in [2.75, 3.05) is 6.54 Å². The van der Waals surface area contributed by atoms with Crippen molar-refractivity contribution >= 4 is 5.91 Å². The minimum absolute atomic E-state index is 0.0206. The van der Waals surface area contributed by atoms with Crippen molar-refractivity contribution in [1.82, 2.24) is 10.2 Å².